The maximum absolute atomic E-state index is 4.25. The van der Waals surface area contributed by atoms with E-state index in [1.54, 1.807) is 20.3 Å². The number of hydrogen-bond acceptors (Lipinski definition) is 1. The molecule has 0 heterocycles. The van der Waals surface area contributed by atoms with Crippen LogP contribution in [0.5, 0.6) is 0 Å². The monoisotopic (exact) mass is 114 g/mol. The van der Waals surface area contributed by atoms with Crippen molar-refractivity contribution in [1.29, 1.82) is 0 Å². The Morgan fingerprint density at radius 1 is 1.50 bits per heavy atom. The zero-order chi connectivity index (χ0) is 6.99. The van der Waals surface area contributed by atoms with Crippen LogP contribution in [-0.2, 0) is 4.74 Å². The Morgan fingerprint density at radius 3 is 1.62 bits per heavy atom. The number of methoxy groups -OCH3 is 1. The van der Waals surface area contributed by atoms with Crippen molar-refractivity contribution >= 4 is 0 Å². The fourth-order valence-corrected chi connectivity index (χ4v) is 0. The van der Waals surface area contributed by atoms with Crippen LogP contribution in [0, 0.1) is 0 Å². The minimum atomic E-state index is 1.02. The fourth-order valence-electron chi connectivity index (χ4n) is 0. The third kappa shape index (κ3) is 51.7. The maximum atomic E-state index is 4.25. The van der Waals surface area contributed by atoms with Crippen molar-refractivity contribution < 1.29 is 4.74 Å². The van der Waals surface area contributed by atoms with Crippen LogP contribution in [0.15, 0.2) is 24.8 Å². The second-order valence-electron chi connectivity index (χ2n) is 1.46. The number of ether oxygens (including phenoxy) is 1. The van der Waals surface area contributed by atoms with Gasteiger partial charge in [-0.1, -0.05) is 24.8 Å². The summed E-state index contributed by atoms with van der Waals surface area (Å²) in [7, 11) is 3.25. The molecule has 1 heteroatoms. The Kier molecular flexibility index (Phi) is 12.6. The third-order valence-electron chi connectivity index (χ3n) is 0.348. The van der Waals surface area contributed by atoms with Gasteiger partial charge in [0.05, 0.1) is 0 Å². The number of allylic oxidation sites excluding steroid dienone is 2. The molecule has 0 fully saturated rings. The summed E-state index contributed by atoms with van der Waals surface area (Å²) < 4.78 is 4.25. The van der Waals surface area contributed by atoms with Gasteiger partial charge in [0.2, 0.25) is 0 Å². The zero-order valence-corrected chi connectivity index (χ0v) is 5.90. The van der Waals surface area contributed by atoms with E-state index in [-0.39, 0.29) is 0 Å². The van der Waals surface area contributed by atoms with Crippen LogP contribution in [0.4, 0.5) is 0 Å². The lowest BCUT2D eigenvalue weighted by Crippen LogP contribution is -1.55. The van der Waals surface area contributed by atoms with Crippen molar-refractivity contribution in [2.75, 3.05) is 14.2 Å². The molecule has 0 aromatic heterocycles. The van der Waals surface area contributed by atoms with Crippen LogP contribution >= 0.6 is 0 Å². The predicted octanol–water partition coefficient (Wildman–Crippen LogP) is 2.01. The van der Waals surface area contributed by atoms with Gasteiger partial charge in [0.1, 0.15) is 0 Å². The van der Waals surface area contributed by atoms with Gasteiger partial charge in [-0.2, -0.15) is 0 Å². The summed E-state index contributed by atoms with van der Waals surface area (Å²) in [5.41, 5.74) is 1.02. The summed E-state index contributed by atoms with van der Waals surface area (Å²) in [5.74, 6) is 0. The summed E-state index contributed by atoms with van der Waals surface area (Å²) in [6.07, 6.45) is 1.72. The Balaban J connectivity index is 0. The van der Waals surface area contributed by atoms with Gasteiger partial charge in [0.15, 0.2) is 0 Å². The maximum Gasteiger partial charge on any atom is 0.0351 e. The summed E-state index contributed by atoms with van der Waals surface area (Å²) in [5, 5.41) is 0. The van der Waals surface area contributed by atoms with Crippen LogP contribution < -0.4 is 0 Å². The van der Waals surface area contributed by atoms with Gasteiger partial charge in [-0.05, 0) is 6.92 Å². The van der Waals surface area contributed by atoms with Gasteiger partial charge in [0.25, 0.3) is 0 Å². The summed E-state index contributed by atoms with van der Waals surface area (Å²) in [6, 6.07) is 0. The van der Waals surface area contributed by atoms with Crippen LogP contribution in [0.2, 0.25) is 0 Å². The highest BCUT2D eigenvalue weighted by atomic mass is 16.4. The average molecular weight is 114 g/mol. The Morgan fingerprint density at radius 2 is 1.62 bits per heavy atom. The second-order valence-corrected chi connectivity index (χ2v) is 1.46. The van der Waals surface area contributed by atoms with Crippen LogP contribution in [0.1, 0.15) is 6.92 Å². The highest BCUT2D eigenvalue weighted by Crippen LogP contribution is 1.81. The summed E-state index contributed by atoms with van der Waals surface area (Å²) >= 11 is 0. The van der Waals surface area contributed by atoms with Crippen molar-refractivity contribution in [3.05, 3.63) is 24.8 Å². The van der Waals surface area contributed by atoms with Gasteiger partial charge in [-0.3, -0.25) is 0 Å². The first kappa shape index (κ1) is 10.4. The molecular weight excluding hydrogens is 100 g/mol. The van der Waals surface area contributed by atoms with E-state index >= 15 is 0 Å². The van der Waals surface area contributed by atoms with E-state index in [2.05, 4.69) is 17.9 Å². The molecule has 0 rings (SSSR count). The van der Waals surface area contributed by atoms with Crippen molar-refractivity contribution in [1.82, 2.24) is 0 Å². The molecule has 0 radical (unpaired) electrons. The van der Waals surface area contributed by atoms with Crippen LogP contribution in [0.25, 0.3) is 0 Å². The van der Waals surface area contributed by atoms with E-state index in [9.17, 15) is 0 Å². The molecule has 0 saturated carbocycles. The van der Waals surface area contributed by atoms with Crippen LogP contribution in [-0.4, -0.2) is 14.2 Å². The highest BCUT2D eigenvalue weighted by molar-refractivity contribution is 5.05. The Hall–Kier alpha value is -0.560. The topological polar surface area (TPSA) is 9.23 Å². The van der Waals surface area contributed by atoms with Gasteiger partial charge < -0.3 is 4.74 Å². The Bertz CT molecular complexity index is 64.8. The molecule has 0 aliphatic rings. The molecule has 0 saturated heterocycles. The zero-order valence-electron chi connectivity index (χ0n) is 5.90. The normalized spacial score (nSPS) is 6.38. The van der Waals surface area contributed by atoms with E-state index in [0.717, 1.165) is 5.57 Å². The van der Waals surface area contributed by atoms with Gasteiger partial charge >= 0.3 is 0 Å². The first-order chi connectivity index (χ1) is 3.68. The van der Waals surface area contributed by atoms with Crippen molar-refractivity contribution in [2.24, 2.45) is 0 Å². The molecule has 1 nitrogen and oxygen atoms in total. The Labute approximate surface area is 51.7 Å². The molecule has 0 amide bonds. The molecule has 0 spiro atoms. The summed E-state index contributed by atoms with van der Waals surface area (Å²) in [4.78, 5) is 0. The first-order valence-electron chi connectivity index (χ1n) is 2.37. The van der Waals surface area contributed by atoms with Crippen molar-refractivity contribution in [2.45, 2.75) is 6.92 Å². The molecule has 0 aromatic carbocycles. The molecule has 0 N–H and O–H groups in total. The minimum Gasteiger partial charge on any atom is -0.388 e. The SMILES string of the molecule is C=CC(=C)C.COC. The largest absolute Gasteiger partial charge is 0.388 e. The molecule has 48 valence electrons. The lowest BCUT2D eigenvalue weighted by molar-refractivity contribution is 0.277. The van der Waals surface area contributed by atoms with E-state index < -0.39 is 0 Å². The number of rotatable bonds is 1. The predicted molar refractivity (Wildman–Crippen MR) is 37.9 cm³/mol. The molecular formula is C7H14O. The van der Waals surface area contributed by atoms with Crippen molar-refractivity contribution in [3.8, 4) is 0 Å². The van der Waals surface area contributed by atoms with E-state index in [1.165, 1.54) is 0 Å². The second kappa shape index (κ2) is 9.67. The molecule has 0 unspecified atom stereocenters. The van der Waals surface area contributed by atoms with Crippen molar-refractivity contribution in [3.63, 3.8) is 0 Å². The molecule has 0 aliphatic carbocycles. The van der Waals surface area contributed by atoms with Gasteiger partial charge in [-0.15, -0.1) is 0 Å². The molecule has 0 aliphatic heterocycles. The van der Waals surface area contributed by atoms with Gasteiger partial charge in [-0.25, -0.2) is 0 Å². The molecule has 8 heavy (non-hydrogen) atoms. The van der Waals surface area contributed by atoms with Gasteiger partial charge in [0, 0.05) is 14.2 Å². The number of hydrogen-bond donors (Lipinski definition) is 0. The lowest BCUT2D eigenvalue weighted by Gasteiger charge is -1.71. The van der Waals surface area contributed by atoms with E-state index in [4.69, 9.17) is 0 Å². The molecule has 0 bridgehead atoms. The molecule has 0 aromatic rings. The third-order valence-corrected chi connectivity index (χ3v) is 0.348. The smallest absolute Gasteiger partial charge is 0.0351 e. The van der Waals surface area contributed by atoms with E-state index in [0.29, 0.717) is 0 Å². The van der Waals surface area contributed by atoms with Crippen LogP contribution in [0.3, 0.4) is 0 Å². The summed E-state index contributed by atoms with van der Waals surface area (Å²) in [6.45, 7) is 8.93. The standard InChI is InChI=1S/C5H8.C2H6O/c1-4-5(2)3;1-3-2/h4H,1-2H2,3H3;1-2H3. The average Bonchev–Trinajstić information content (AvgIpc) is 1.69. The quantitative estimate of drug-likeness (QED) is 0.474. The first-order valence-corrected chi connectivity index (χ1v) is 2.37. The fraction of sp³-hybridized carbons (Fsp3) is 0.429. The minimum absolute atomic E-state index is 1.02. The van der Waals surface area contributed by atoms with E-state index in [1.807, 2.05) is 6.92 Å². The highest BCUT2D eigenvalue weighted by Gasteiger charge is 1.59. The molecule has 0 atom stereocenters. The lowest BCUT2D eigenvalue weighted by atomic mass is 10.4.